The average Bonchev–Trinajstić information content (AvgIpc) is 2.01. The van der Waals surface area contributed by atoms with Gasteiger partial charge in [-0.3, -0.25) is 0 Å². The third kappa shape index (κ3) is 7.40. The molecule has 0 aliphatic rings. The van der Waals surface area contributed by atoms with Crippen LogP contribution in [0.4, 0.5) is 0 Å². The van der Waals surface area contributed by atoms with Crippen molar-refractivity contribution in [2.45, 2.75) is 33.1 Å². The van der Waals surface area contributed by atoms with Crippen LogP contribution in [0.2, 0.25) is 0 Å². The van der Waals surface area contributed by atoms with E-state index in [-0.39, 0.29) is 0 Å². The third-order valence-electron chi connectivity index (χ3n) is 1.49. The molecule has 0 radical (unpaired) electrons. The van der Waals surface area contributed by atoms with E-state index in [0.29, 0.717) is 12.3 Å². The lowest BCUT2D eigenvalue weighted by Gasteiger charge is -1.99. The molecule has 0 saturated heterocycles. The number of unbranched alkanes of at least 4 members (excludes halogenated alkanes) is 2. The largest absolute Gasteiger partial charge is 0.511 e. The Bertz CT molecular complexity index is 110. The summed E-state index contributed by atoms with van der Waals surface area (Å²) >= 11 is 0. The van der Waals surface area contributed by atoms with Crippen LogP contribution < -0.4 is 5.32 Å². The first kappa shape index (κ1) is 10.5. The van der Waals surface area contributed by atoms with Gasteiger partial charge in [-0.25, -0.2) is 0 Å². The number of aliphatic hydroxyl groups is 1. The van der Waals surface area contributed by atoms with Gasteiger partial charge in [0.1, 0.15) is 5.76 Å². The molecular weight excluding hydrogens is 138 g/mol. The zero-order chi connectivity index (χ0) is 8.53. The smallest absolute Gasteiger partial charge is 0.102 e. The highest BCUT2D eigenvalue weighted by molar-refractivity contribution is 4.92. The first-order chi connectivity index (χ1) is 5.31. The molecule has 0 spiro atoms. The van der Waals surface area contributed by atoms with Crippen molar-refractivity contribution in [2.24, 2.45) is 0 Å². The van der Waals surface area contributed by atoms with E-state index < -0.39 is 0 Å². The fraction of sp³-hybridized carbons (Fsp3) is 0.778. The summed E-state index contributed by atoms with van der Waals surface area (Å²) < 4.78 is 0. The minimum Gasteiger partial charge on any atom is -0.511 e. The van der Waals surface area contributed by atoms with Crippen LogP contribution in [0, 0.1) is 0 Å². The summed E-state index contributed by atoms with van der Waals surface area (Å²) in [5, 5.41) is 12.3. The number of aliphatic hydroxyl groups excluding tert-OH is 1. The van der Waals surface area contributed by atoms with Crippen LogP contribution in [-0.4, -0.2) is 18.2 Å². The minimum atomic E-state index is 0.473. The molecule has 0 bridgehead atoms. The second kappa shape index (κ2) is 7.61. The summed E-state index contributed by atoms with van der Waals surface area (Å²) in [5.41, 5.74) is 0. The van der Waals surface area contributed by atoms with E-state index in [2.05, 4.69) is 12.2 Å². The lowest BCUT2D eigenvalue weighted by Crippen LogP contribution is -2.15. The Labute approximate surface area is 69.3 Å². The molecule has 0 aliphatic heterocycles. The monoisotopic (exact) mass is 157 g/mol. The van der Waals surface area contributed by atoms with Crippen LogP contribution in [0.3, 0.4) is 0 Å². The van der Waals surface area contributed by atoms with Crippen LogP contribution in [0.1, 0.15) is 33.1 Å². The maximum Gasteiger partial charge on any atom is 0.102 e. The van der Waals surface area contributed by atoms with E-state index in [1.54, 1.807) is 0 Å². The van der Waals surface area contributed by atoms with E-state index in [1.807, 2.05) is 13.0 Å². The van der Waals surface area contributed by atoms with Crippen molar-refractivity contribution in [3.05, 3.63) is 11.8 Å². The highest BCUT2D eigenvalue weighted by Crippen LogP contribution is 1.97. The number of rotatable bonds is 6. The fourth-order valence-corrected chi connectivity index (χ4v) is 0.798. The molecule has 0 unspecified atom stereocenters. The van der Waals surface area contributed by atoms with E-state index in [0.717, 1.165) is 19.4 Å². The molecule has 2 heteroatoms. The van der Waals surface area contributed by atoms with Crippen molar-refractivity contribution in [1.29, 1.82) is 0 Å². The summed E-state index contributed by atoms with van der Waals surface area (Å²) in [6, 6.07) is 0. The van der Waals surface area contributed by atoms with Gasteiger partial charge in [0.05, 0.1) is 6.54 Å². The Morgan fingerprint density at radius 2 is 2.18 bits per heavy atom. The molecule has 66 valence electrons. The highest BCUT2D eigenvalue weighted by atomic mass is 16.3. The van der Waals surface area contributed by atoms with Crippen molar-refractivity contribution in [2.75, 3.05) is 13.1 Å². The maximum absolute atomic E-state index is 9.21. The van der Waals surface area contributed by atoms with Gasteiger partial charge < -0.3 is 10.4 Å². The number of nitrogens with one attached hydrogen (secondary N) is 1. The van der Waals surface area contributed by atoms with Crippen molar-refractivity contribution in [3.8, 4) is 0 Å². The van der Waals surface area contributed by atoms with Gasteiger partial charge in [0.25, 0.3) is 0 Å². The number of allylic oxidation sites excluding steroid dienone is 1. The standard InChI is InChI=1S/C9H19NO/c1-3-5-6-7-9(11)8-10-4-2/h7,10-11H,3-6,8H2,1-2H3. The SMILES string of the molecule is CCCCC=C(O)CNCC. The molecule has 0 aromatic rings. The number of hydrogen-bond donors (Lipinski definition) is 2. The first-order valence-corrected chi connectivity index (χ1v) is 4.40. The predicted molar refractivity (Wildman–Crippen MR) is 48.8 cm³/mol. The summed E-state index contributed by atoms with van der Waals surface area (Å²) in [6.45, 7) is 5.69. The van der Waals surface area contributed by atoms with Gasteiger partial charge in [0.2, 0.25) is 0 Å². The van der Waals surface area contributed by atoms with Crippen LogP contribution >= 0.6 is 0 Å². The Balaban J connectivity index is 3.30. The van der Waals surface area contributed by atoms with Gasteiger partial charge >= 0.3 is 0 Å². The molecule has 2 N–H and O–H groups in total. The summed E-state index contributed by atoms with van der Waals surface area (Å²) in [6.07, 6.45) is 5.24. The molecule has 0 amide bonds. The Hall–Kier alpha value is -0.500. The van der Waals surface area contributed by atoms with Crippen molar-refractivity contribution in [1.82, 2.24) is 5.32 Å². The Morgan fingerprint density at radius 1 is 1.45 bits per heavy atom. The quantitative estimate of drug-likeness (QED) is 0.458. The zero-order valence-corrected chi connectivity index (χ0v) is 7.56. The Morgan fingerprint density at radius 3 is 2.73 bits per heavy atom. The molecule has 0 rings (SSSR count). The summed E-state index contributed by atoms with van der Waals surface area (Å²) in [4.78, 5) is 0. The molecule has 0 atom stereocenters. The lowest BCUT2D eigenvalue weighted by atomic mass is 10.2. The van der Waals surface area contributed by atoms with Gasteiger partial charge in [-0.05, 0) is 25.5 Å². The molecule has 11 heavy (non-hydrogen) atoms. The van der Waals surface area contributed by atoms with Crippen LogP contribution in [0.5, 0.6) is 0 Å². The maximum atomic E-state index is 9.21. The normalized spacial score (nSPS) is 12.0. The molecule has 2 nitrogen and oxygen atoms in total. The zero-order valence-electron chi connectivity index (χ0n) is 7.56. The molecule has 0 saturated carbocycles. The van der Waals surface area contributed by atoms with Crippen molar-refractivity contribution in [3.63, 3.8) is 0 Å². The van der Waals surface area contributed by atoms with E-state index >= 15 is 0 Å². The van der Waals surface area contributed by atoms with Crippen molar-refractivity contribution >= 4 is 0 Å². The summed E-state index contributed by atoms with van der Waals surface area (Å²) in [7, 11) is 0. The van der Waals surface area contributed by atoms with Crippen LogP contribution in [-0.2, 0) is 0 Å². The van der Waals surface area contributed by atoms with Gasteiger partial charge in [0, 0.05) is 0 Å². The molecular formula is C9H19NO. The first-order valence-electron chi connectivity index (χ1n) is 4.40. The topological polar surface area (TPSA) is 32.3 Å². The second-order valence-corrected chi connectivity index (χ2v) is 2.62. The molecule has 0 fully saturated rings. The molecule has 0 aromatic heterocycles. The highest BCUT2D eigenvalue weighted by Gasteiger charge is 1.89. The lowest BCUT2D eigenvalue weighted by molar-refractivity contribution is 0.387. The van der Waals surface area contributed by atoms with E-state index in [4.69, 9.17) is 0 Å². The number of likely N-dealkylation sites (N-methyl/N-ethyl adjacent to an activating group) is 1. The average molecular weight is 157 g/mol. The van der Waals surface area contributed by atoms with Crippen molar-refractivity contribution < 1.29 is 5.11 Å². The second-order valence-electron chi connectivity index (χ2n) is 2.62. The fourth-order valence-electron chi connectivity index (χ4n) is 0.798. The van der Waals surface area contributed by atoms with Gasteiger partial charge in [-0.15, -0.1) is 0 Å². The Kier molecular flexibility index (Phi) is 7.26. The van der Waals surface area contributed by atoms with E-state index in [1.165, 1.54) is 6.42 Å². The predicted octanol–water partition coefficient (Wildman–Crippen LogP) is 2.23. The van der Waals surface area contributed by atoms with Crippen LogP contribution in [0.25, 0.3) is 0 Å². The molecule has 0 heterocycles. The van der Waals surface area contributed by atoms with Crippen LogP contribution in [0.15, 0.2) is 11.8 Å². The number of hydrogen-bond acceptors (Lipinski definition) is 2. The van der Waals surface area contributed by atoms with Gasteiger partial charge in [-0.2, -0.15) is 0 Å². The summed E-state index contributed by atoms with van der Waals surface area (Å²) in [5.74, 6) is 0.473. The molecule has 0 aliphatic carbocycles. The van der Waals surface area contributed by atoms with Gasteiger partial charge in [0.15, 0.2) is 0 Å². The van der Waals surface area contributed by atoms with Gasteiger partial charge in [-0.1, -0.05) is 20.3 Å². The minimum absolute atomic E-state index is 0.473. The third-order valence-corrected chi connectivity index (χ3v) is 1.49. The molecule has 0 aromatic carbocycles. The van der Waals surface area contributed by atoms with E-state index in [9.17, 15) is 5.11 Å².